The van der Waals surface area contributed by atoms with E-state index in [2.05, 4.69) is 33.6 Å². The van der Waals surface area contributed by atoms with Gasteiger partial charge in [-0.3, -0.25) is 9.52 Å². The number of hydrogen-bond acceptors (Lipinski definition) is 8. The zero-order valence-electron chi connectivity index (χ0n) is 25.0. The normalized spacial score (nSPS) is 11.7. The van der Waals surface area contributed by atoms with Crippen LogP contribution in [0.5, 0.6) is 17.2 Å². The first kappa shape index (κ1) is 30.9. The summed E-state index contributed by atoms with van der Waals surface area (Å²) in [7, 11) is -2.54. The quantitative estimate of drug-likeness (QED) is 0.198. The van der Waals surface area contributed by atoms with Crippen molar-refractivity contribution in [1.82, 2.24) is 19.6 Å². The number of methoxy groups -OCH3 is 1. The van der Waals surface area contributed by atoms with E-state index in [1.165, 1.54) is 23.8 Å². The number of aromatic nitrogens is 4. The van der Waals surface area contributed by atoms with Crippen molar-refractivity contribution in [1.29, 1.82) is 0 Å². The topological polar surface area (TPSA) is 137 Å². The number of benzene rings is 2. The fraction of sp³-hybridized carbons (Fsp3) is 0.433. The van der Waals surface area contributed by atoms with Crippen LogP contribution >= 0.6 is 0 Å². The zero-order chi connectivity index (χ0) is 30.4. The third-order valence-electron chi connectivity index (χ3n) is 7.08. The molecule has 0 atom stereocenters. The van der Waals surface area contributed by atoms with Crippen LogP contribution in [-0.2, 0) is 16.4 Å². The molecule has 2 N–H and O–H groups in total. The van der Waals surface area contributed by atoms with Gasteiger partial charge in [-0.1, -0.05) is 33.6 Å². The molecule has 2 aromatic heterocycles. The largest absolute Gasteiger partial charge is 0.493 e. The standard InChI is InChI=1S/C30H39N5O6S/c1-7-11-27-31-19(5)28-30(36)32-29(33-35(27)28)23-17-22(13-15-24(23)40-10-4)42(37,38)34-21-12-14-25(26(16-21)39-6)41-18-20(8-2)9-3/h12-17,20,34H,7-11,18H2,1-6H3,(H,32,33,36). The van der Waals surface area contributed by atoms with E-state index in [4.69, 9.17) is 14.2 Å². The maximum Gasteiger partial charge on any atom is 0.277 e. The number of ether oxygens (including phenoxy) is 3. The van der Waals surface area contributed by atoms with Gasteiger partial charge in [0.15, 0.2) is 22.8 Å². The number of imidazole rings is 1. The molecule has 0 saturated heterocycles. The Morgan fingerprint density at radius 1 is 1.00 bits per heavy atom. The number of nitrogens with zero attached hydrogens (tertiary/aromatic N) is 3. The van der Waals surface area contributed by atoms with Crippen molar-refractivity contribution < 1.29 is 22.6 Å². The van der Waals surface area contributed by atoms with Crippen LogP contribution in [0.25, 0.3) is 16.9 Å². The van der Waals surface area contributed by atoms with Crippen molar-refractivity contribution >= 4 is 21.2 Å². The van der Waals surface area contributed by atoms with Gasteiger partial charge in [0.05, 0.1) is 42.2 Å². The molecule has 0 bridgehead atoms. The molecule has 0 aliphatic carbocycles. The summed E-state index contributed by atoms with van der Waals surface area (Å²) in [6, 6.07) is 9.33. The molecule has 0 spiro atoms. The molecular formula is C30H39N5O6S. The van der Waals surface area contributed by atoms with Gasteiger partial charge in [0, 0.05) is 12.5 Å². The lowest BCUT2D eigenvalue weighted by Crippen LogP contribution is -2.17. The predicted octanol–water partition coefficient (Wildman–Crippen LogP) is 5.37. The lowest BCUT2D eigenvalue weighted by Gasteiger charge is -2.17. The van der Waals surface area contributed by atoms with E-state index >= 15 is 0 Å². The first-order valence-corrected chi connectivity index (χ1v) is 15.7. The molecule has 11 nitrogen and oxygen atoms in total. The van der Waals surface area contributed by atoms with Crippen molar-refractivity contribution in [2.75, 3.05) is 25.0 Å². The summed E-state index contributed by atoms with van der Waals surface area (Å²) in [5.74, 6) is 2.59. The highest BCUT2D eigenvalue weighted by atomic mass is 32.2. The molecule has 0 radical (unpaired) electrons. The summed E-state index contributed by atoms with van der Waals surface area (Å²) < 4.78 is 48.4. The molecular weight excluding hydrogens is 558 g/mol. The van der Waals surface area contributed by atoms with Gasteiger partial charge in [-0.25, -0.2) is 17.9 Å². The Labute approximate surface area is 246 Å². The van der Waals surface area contributed by atoms with Gasteiger partial charge in [0.1, 0.15) is 11.6 Å². The molecule has 2 aromatic carbocycles. The van der Waals surface area contributed by atoms with E-state index in [9.17, 15) is 13.2 Å². The smallest absolute Gasteiger partial charge is 0.277 e. The van der Waals surface area contributed by atoms with E-state index in [1.807, 2.05) is 13.8 Å². The molecule has 0 fully saturated rings. The van der Waals surface area contributed by atoms with Crippen LogP contribution < -0.4 is 24.5 Å². The molecule has 0 aliphatic rings. The molecule has 0 saturated carbocycles. The molecule has 2 heterocycles. The van der Waals surface area contributed by atoms with Gasteiger partial charge < -0.3 is 19.2 Å². The van der Waals surface area contributed by atoms with Crippen LogP contribution in [-0.4, -0.2) is 48.3 Å². The molecule has 226 valence electrons. The van der Waals surface area contributed by atoms with Crippen molar-refractivity contribution in [3.63, 3.8) is 0 Å². The summed E-state index contributed by atoms with van der Waals surface area (Å²) in [6.07, 6.45) is 3.45. The fourth-order valence-electron chi connectivity index (χ4n) is 4.68. The van der Waals surface area contributed by atoms with E-state index in [-0.39, 0.29) is 16.3 Å². The summed E-state index contributed by atoms with van der Waals surface area (Å²) in [5, 5.41) is 4.64. The minimum Gasteiger partial charge on any atom is -0.493 e. The highest BCUT2D eigenvalue weighted by Crippen LogP contribution is 2.34. The SMILES string of the molecule is CCCc1nc(C)c2c(=O)[nH]c(-c3cc(S(=O)(=O)Nc4ccc(OCC(CC)CC)c(OC)c4)ccc3OCC)nn12. The van der Waals surface area contributed by atoms with Gasteiger partial charge in [-0.2, -0.15) is 0 Å². The molecule has 4 rings (SSSR count). The van der Waals surface area contributed by atoms with Crippen molar-refractivity contribution in [3.8, 4) is 28.6 Å². The van der Waals surface area contributed by atoms with E-state index in [0.717, 1.165) is 19.3 Å². The lowest BCUT2D eigenvalue weighted by molar-refractivity contribution is 0.231. The molecule has 0 aliphatic heterocycles. The second-order valence-corrected chi connectivity index (χ2v) is 11.7. The van der Waals surface area contributed by atoms with Gasteiger partial charge >= 0.3 is 0 Å². The second-order valence-electron chi connectivity index (χ2n) is 9.98. The number of aromatic amines is 1. The Bertz CT molecular complexity index is 1710. The van der Waals surface area contributed by atoms with Crippen LogP contribution in [0.1, 0.15) is 58.5 Å². The minimum absolute atomic E-state index is 0.0349. The number of anilines is 1. The Morgan fingerprint density at radius 2 is 1.74 bits per heavy atom. The summed E-state index contributed by atoms with van der Waals surface area (Å²) >= 11 is 0. The predicted molar refractivity (Wildman–Crippen MR) is 162 cm³/mol. The lowest BCUT2D eigenvalue weighted by atomic mass is 10.1. The number of rotatable bonds is 14. The summed E-state index contributed by atoms with van der Waals surface area (Å²) in [6.45, 7) is 10.7. The first-order valence-electron chi connectivity index (χ1n) is 14.2. The first-order chi connectivity index (χ1) is 20.1. The highest BCUT2D eigenvalue weighted by molar-refractivity contribution is 7.92. The van der Waals surface area contributed by atoms with Crippen molar-refractivity contribution in [2.45, 2.75) is 65.2 Å². The van der Waals surface area contributed by atoms with Crippen LogP contribution in [0.2, 0.25) is 0 Å². The van der Waals surface area contributed by atoms with E-state index < -0.39 is 10.0 Å². The average molecular weight is 598 g/mol. The Kier molecular flexibility index (Phi) is 9.77. The van der Waals surface area contributed by atoms with Gasteiger partial charge in [-0.05, 0) is 56.5 Å². The number of aryl methyl sites for hydroxylation is 2. The summed E-state index contributed by atoms with van der Waals surface area (Å²) in [5.41, 5.74) is 1.19. The van der Waals surface area contributed by atoms with Crippen molar-refractivity contribution in [2.24, 2.45) is 5.92 Å². The summed E-state index contributed by atoms with van der Waals surface area (Å²) in [4.78, 5) is 20.3. The Hall–Kier alpha value is -4.06. The molecule has 0 amide bonds. The Balaban J connectivity index is 1.70. The number of hydrogen-bond donors (Lipinski definition) is 2. The van der Waals surface area contributed by atoms with Crippen LogP contribution in [0.15, 0.2) is 46.1 Å². The van der Waals surface area contributed by atoms with Crippen LogP contribution in [0, 0.1) is 12.8 Å². The maximum absolute atomic E-state index is 13.5. The molecule has 0 unspecified atom stereocenters. The third kappa shape index (κ3) is 6.53. The van der Waals surface area contributed by atoms with Gasteiger partial charge in [0.2, 0.25) is 0 Å². The second kappa shape index (κ2) is 13.3. The average Bonchev–Trinajstić information content (AvgIpc) is 3.29. The van der Waals surface area contributed by atoms with Gasteiger partial charge in [0.25, 0.3) is 15.6 Å². The number of H-pyrrole nitrogens is 1. The zero-order valence-corrected chi connectivity index (χ0v) is 25.8. The molecule has 42 heavy (non-hydrogen) atoms. The third-order valence-corrected chi connectivity index (χ3v) is 8.46. The maximum atomic E-state index is 13.5. The molecule has 4 aromatic rings. The number of fused-ring (bicyclic) bond motifs is 1. The number of sulfonamides is 1. The fourth-order valence-corrected chi connectivity index (χ4v) is 5.76. The van der Waals surface area contributed by atoms with E-state index in [1.54, 1.807) is 31.2 Å². The van der Waals surface area contributed by atoms with Crippen LogP contribution in [0.3, 0.4) is 0 Å². The monoisotopic (exact) mass is 597 g/mol. The highest BCUT2D eigenvalue weighted by Gasteiger charge is 2.22. The van der Waals surface area contributed by atoms with Crippen molar-refractivity contribution in [3.05, 3.63) is 58.3 Å². The minimum atomic E-state index is -4.05. The Morgan fingerprint density at radius 3 is 2.40 bits per heavy atom. The van der Waals surface area contributed by atoms with E-state index in [0.29, 0.717) is 71.1 Å². The van der Waals surface area contributed by atoms with Gasteiger partial charge in [-0.15, -0.1) is 5.10 Å². The molecule has 12 heteroatoms. The number of nitrogens with one attached hydrogen (secondary N) is 2. The van der Waals surface area contributed by atoms with Crippen LogP contribution in [0.4, 0.5) is 5.69 Å².